The number of aromatic nitrogens is 3. The van der Waals surface area contributed by atoms with Crippen LogP contribution in [0.4, 0.5) is 0 Å². The maximum atomic E-state index is 6.04. The highest BCUT2D eigenvalue weighted by molar-refractivity contribution is 6.31. The van der Waals surface area contributed by atoms with Crippen molar-refractivity contribution < 1.29 is 0 Å². The molecular formula is C13H10ClN3. The van der Waals surface area contributed by atoms with Crippen LogP contribution in [0.3, 0.4) is 0 Å². The minimum Gasteiger partial charge on any atom is -0.267 e. The van der Waals surface area contributed by atoms with E-state index in [9.17, 15) is 0 Å². The smallest absolute Gasteiger partial charge is 0.100 e. The maximum absolute atomic E-state index is 6.04. The molecule has 0 aliphatic carbocycles. The Morgan fingerprint density at radius 2 is 1.88 bits per heavy atom. The first kappa shape index (κ1) is 10.3. The van der Waals surface area contributed by atoms with Crippen LogP contribution in [-0.4, -0.2) is 14.8 Å². The Hall–Kier alpha value is -1.87. The third kappa shape index (κ3) is 1.68. The van der Waals surface area contributed by atoms with Gasteiger partial charge in [0.1, 0.15) is 5.69 Å². The Morgan fingerprint density at radius 3 is 2.65 bits per heavy atom. The molecule has 3 aromatic rings. The highest BCUT2D eigenvalue weighted by Gasteiger charge is 2.10. The van der Waals surface area contributed by atoms with Crippen LogP contribution >= 0.6 is 11.6 Å². The van der Waals surface area contributed by atoms with Crippen LogP contribution < -0.4 is 0 Å². The van der Waals surface area contributed by atoms with Crippen molar-refractivity contribution in [3.63, 3.8) is 0 Å². The first-order valence-corrected chi connectivity index (χ1v) is 5.66. The van der Waals surface area contributed by atoms with Gasteiger partial charge in [-0.3, -0.25) is 9.67 Å². The van der Waals surface area contributed by atoms with Crippen LogP contribution in [0.25, 0.3) is 22.2 Å². The van der Waals surface area contributed by atoms with Gasteiger partial charge in [0.2, 0.25) is 0 Å². The molecule has 0 amide bonds. The molecule has 0 aliphatic heterocycles. The van der Waals surface area contributed by atoms with Crippen molar-refractivity contribution in [2.75, 3.05) is 0 Å². The van der Waals surface area contributed by atoms with Crippen molar-refractivity contribution in [2.24, 2.45) is 7.05 Å². The molecule has 0 aliphatic rings. The summed E-state index contributed by atoms with van der Waals surface area (Å²) in [4.78, 5) is 4.01. The first-order valence-electron chi connectivity index (χ1n) is 5.28. The molecule has 2 heterocycles. The van der Waals surface area contributed by atoms with Gasteiger partial charge >= 0.3 is 0 Å². The molecule has 3 nitrogen and oxygen atoms in total. The van der Waals surface area contributed by atoms with Crippen molar-refractivity contribution in [3.05, 3.63) is 47.7 Å². The molecule has 0 saturated carbocycles. The number of nitrogens with zero attached hydrogens (tertiary/aromatic N) is 3. The number of hydrogen-bond acceptors (Lipinski definition) is 2. The average molecular weight is 244 g/mol. The van der Waals surface area contributed by atoms with Crippen LogP contribution in [0.15, 0.2) is 42.7 Å². The molecule has 0 bridgehead atoms. The molecule has 2 aromatic heterocycles. The van der Waals surface area contributed by atoms with Crippen LogP contribution in [0.2, 0.25) is 5.02 Å². The fraction of sp³-hybridized carbons (Fsp3) is 0.0769. The fourth-order valence-electron chi connectivity index (χ4n) is 1.96. The second-order valence-corrected chi connectivity index (χ2v) is 4.31. The number of hydrogen-bond donors (Lipinski definition) is 0. The van der Waals surface area contributed by atoms with E-state index in [1.54, 1.807) is 12.4 Å². The number of pyridine rings is 1. The summed E-state index contributed by atoms with van der Waals surface area (Å²) in [6.07, 6.45) is 3.53. The van der Waals surface area contributed by atoms with Gasteiger partial charge in [-0.05, 0) is 30.3 Å². The lowest BCUT2D eigenvalue weighted by Crippen LogP contribution is -1.89. The highest BCUT2D eigenvalue weighted by Crippen LogP contribution is 2.29. The normalized spacial score (nSPS) is 10.9. The molecular weight excluding hydrogens is 234 g/mol. The number of aryl methyl sites for hydroxylation is 1. The lowest BCUT2D eigenvalue weighted by molar-refractivity contribution is 0.800. The number of benzene rings is 1. The standard InChI is InChI=1S/C13H10ClN3/c1-17-12-3-2-10(14)8-11(12)13(16-17)9-4-6-15-7-5-9/h2-8H,1H3. The Kier molecular flexibility index (Phi) is 2.34. The molecule has 0 fully saturated rings. The molecule has 0 unspecified atom stereocenters. The molecule has 0 spiro atoms. The zero-order valence-corrected chi connectivity index (χ0v) is 10.0. The SMILES string of the molecule is Cn1nc(-c2ccncc2)c2cc(Cl)ccc21. The van der Waals surface area contributed by atoms with E-state index in [-0.39, 0.29) is 0 Å². The second-order valence-electron chi connectivity index (χ2n) is 3.87. The van der Waals surface area contributed by atoms with E-state index < -0.39 is 0 Å². The van der Waals surface area contributed by atoms with Gasteiger partial charge in [-0.25, -0.2) is 0 Å². The second kappa shape index (κ2) is 3.86. The predicted octanol–water partition coefficient (Wildman–Crippen LogP) is 3.29. The van der Waals surface area contributed by atoms with Gasteiger partial charge in [-0.15, -0.1) is 0 Å². The Bertz CT molecular complexity index is 674. The minimum absolute atomic E-state index is 0.723. The monoisotopic (exact) mass is 243 g/mol. The van der Waals surface area contributed by atoms with Crippen molar-refractivity contribution >= 4 is 22.5 Å². The summed E-state index contributed by atoms with van der Waals surface area (Å²) in [5.74, 6) is 0. The number of fused-ring (bicyclic) bond motifs is 1. The summed E-state index contributed by atoms with van der Waals surface area (Å²) in [5.41, 5.74) is 3.06. The Balaban J connectivity index is 2.34. The molecule has 0 N–H and O–H groups in total. The molecule has 0 atom stereocenters. The van der Waals surface area contributed by atoms with Gasteiger partial charge in [0.25, 0.3) is 0 Å². The van der Waals surface area contributed by atoms with Gasteiger partial charge in [-0.1, -0.05) is 11.6 Å². The third-order valence-corrected chi connectivity index (χ3v) is 3.00. The van der Waals surface area contributed by atoms with E-state index in [1.807, 2.05) is 42.1 Å². The van der Waals surface area contributed by atoms with E-state index in [4.69, 9.17) is 11.6 Å². The molecule has 1 aromatic carbocycles. The molecule has 0 radical (unpaired) electrons. The minimum atomic E-state index is 0.723. The third-order valence-electron chi connectivity index (χ3n) is 2.77. The van der Waals surface area contributed by atoms with Crippen molar-refractivity contribution in [1.82, 2.24) is 14.8 Å². The van der Waals surface area contributed by atoms with E-state index in [0.717, 1.165) is 27.2 Å². The van der Waals surface area contributed by atoms with Crippen LogP contribution in [0.5, 0.6) is 0 Å². The average Bonchev–Trinajstić information content (AvgIpc) is 2.67. The van der Waals surface area contributed by atoms with E-state index in [0.29, 0.717) is 0 Å². The number of halogens is 1. The summed E-state index contributed by atoms with van der Waals surface area (Å²) >= 11 is 6.04. The van der Waals surface area contributed by atoms with Crippen molar-refractivity contribution in [1.29, 1.82) is 0 Å². The van der Waals surface area contributed by atoms with Gasteiger partial charge in [0.15, 0.2) is 0 Å². The summed E-state index contributed by atoms with van der Waals surface area (Å²) in [5, 5.41) is 6.32. The maximum Gasteiger partial charge on any atom is 0.100 e. The van der Waals surface area contributed by atoms with Crippen molar-refractivity contribution in [2.45, 2.75) is 0 Å². The molecule has 3 rings (SSSR count). The molecule has 0 saturated heterocycles. The van der Waals surface area contributed by atoms with E-state index in [1.165, 1.54) is 0 Å². The van der Waals surface area contributed by atoms with Gasteiger partial charge in [0, 0.05) is 35.4 Å². The Morgan fingerprint density at radius 1 is 1.12 bits per heavy atom. The van der Waals surface area contributed by atoms with Crippen LogP contribution in [0.1, 0.15) is 0 Å². The molecule has 84 valence electrons. The summed E-state index contributed by atoms with van der Waals surface area (Å²) in [6, 6.07) is 9.70. The topological polar surface area (TPSA) is 30.7 Å². The van der Waals surface area contributed by atoms with Gasteiger partial charge in [-0.2, -0.15) is 5.10 Å². The lowest BCUT2D eigenvalue weighted by Gasteiger charge is -1.96. The first-order chi connectivity index (χ1) is 8.25. The van der Waals surface area contributed by atoms with E-state index in [2.05, 4.69) is 10.1 Å². The van der Waals surface area contributed by atoms with Crippen LogP contribution in [0, 0.1) is 0 Å². The van der Waals surface area contributed by atoms with E-state index >= 15 is 0 Å². The van der Waals surface area contributed by atoms with Gasteiger partial charge < -0.3 is 0 Å². The van der Waals surface area contributed by atoms with Crippen LogP contribution in [-0.2, 0) is 7.05 Å². The quantitative estimate of drug-likeness (QED) is 0.657. The highest BCUT2D eigenvalue weighted by atomic mass is 35.5. The summed E-state index contributed by atoms with van der Waals surface area (Å²) in [6.45, 7) is 0. The fourth-order valence-corrected chi connectivity index (χ4v) is 2.13. The molecule has 17 heavy (non-hydrogen) atoms. The zero-order chi connectivity index (χ0) is 11.8. The predicted molar refractivity (Wildman–Crippen MR) is 69.0 cm³/mol. The summed E-state index contributed by atoms with van der Waals surface area (Å²) < 4.78 is 1.86. The van der Waals surface area contributed by atoms with Gasteiger partial charge in [0.05, 0.1) is 5.52 Å². The van der Waals surface area contributed by atoms with Crippen molar-refractivity contribution in [3.8, 4) is 11.3 Å². The Labute approximate surface area is 104 Å². The largest absolute Gasteiger partial charge is 0.267 e. The number of rotatable bonds is 1. The molecule has 4 heteroatoms. The lowest BCUT2D eigenvalue weighted by atomic mass is 10.1. The summed E-state index contributed by atoms with van der Waals surface area (Å²) in [7, 11) is 1.93. The zero-order valence-electron chi connectivity index (χ0n) is 9.26.